The first-order valence-electron chi connectivity index (χ1n) is 7.37. The Hall–Kier alpha value is -1.94. The summed E-state index contributed by atoms with van der Waals surface area (Å²) in [5.41, 5.74) is 8.61. The van der Waals surface area contributed by atoms with Crippen LogP contribution in [0, 0.1) is 0 Å². The van der Waals surface area contributed by atoms with Gasteiger partial charge in [0.1, 0.15) is 5.75 Å². The lowest BCUT2D eigenvalue weighted by Gasteiger charge is -2.16. The fourth-order valence-corrected chi connectivity index (χ4v) is 3.72. The molecule has 0 saturated heterocycles. The lowest BCUT2D eigenvalue weighted by molar-refractivity contribution is 0.0997. The summed E-state index contributed by atoms with van der Waals surface area (Å²) in [6, 6.07) is 11.7. The number of aryl methyl sites for hydroxylation is 1. The number of carbonyl (C=O) groups excluding carboxylic acids is 1. The van der Waals surface area contributed by atoms with E-state index in [-0.39, 0.29) is 5.91 Å². The van der Waals surface area contributed by atoms with Gasteiger partial charge in [-0.1, -0.05) is 37.7 Å². The predicted molar refractivity (Wildman–Crippen MR) is 90.8 cm³/mol. The van der Waals surface area contributed by atoms with Crippen LogP contribution in [0.1, 0.15) is 35.3 Å². The molecule has 0 radical (unpaired) electrons. The Morgan fingerprint density at radius 3 is 2.55 bits per heavy atom. The van der Waals surface area contributed by atoms with E-state index in [1.807, 2.05) is 36.4 Å². The summed E-state index contributed by atoms with van der Waals surface area (Å²) in [7, 11) is 1.65. The third-order valence-corrected chi connectivity index (χ3v) is 4.78. The first kappa shape index (κ1) is 16.4. The maximum atomic E-state index is 11.8. The van der Waals surface area contributed by atoms with Crippen molar-refractivity contribution in [3.63, 3.8) is 0 Å². The van der Waals surface area contributed by atoms with Crippen LogP contribution in [-0.2, 0) is 12.8 Å². The monoisotopic (exact) mass is 315 g/mol. The zero-order valence-electron chi connectivity index (χ0n) is 13.2. The number of amides is 1. The number of nitrogens with two attached hydrogens (primary N) is 1. The van der Waals surface area contributed by atoms with Crippen molar-refractivity contribution in [1.29, 1.82) is 0 Å². The number of primary amides is 1. The molecule has 2 N–H and O–H groups in total. The van der Waals surface area contributed by atoms with Gasteiger partial charge in [0.15, 0.2) is 0 Å². The van der Waals surface area contributed by atoms with Gasteiger partial charge in [-0.05, 0) is 48.2 Å². The summed E-state index contributed by atoms with van der Waals surface area (Å²) in [6.45, 7) is 4.23. The van der Waals surface area contributed by atoms with Crippen LogP contribution in [0.3, 0.4) is 0 Å². The van der Waals surface area contributed by atoms with Gasteiger partial charge in [-0.25, -0.2) is 0 Å². The smallest absolute Gasteiger partial charge is 0.249 e. The first-order chi connectivity index (χ1) is 10.6. The zero-order chi connectivity index (χ0) is 16.1. The van der Waals surface area contributed by atoms with Crippen LogP contribution in [-0.4, -0.2) is 13.0 Å². The van der Waals surface area contributed by atoms with Crippen LogP contribution in [0.15, 0.2) is 46.2 Å². The highest BCUT2D eigenvalue weighted by molar-refractivity contribution is 7.99. The van der Waals surface area contributed by atoms with Gasteiger partial charge in [-0.2, -0.15) is 0 Å². The van der Waals surface area contributed by atoms with E-state index < -0.39 is 0 Å². The van der Waals surface area contributed by atoms with E-state index in [2.05, 4.69) is 13.8 Å². The first-order valence-corrected chi connectivity index (χ1v) is 8.18. The van der Waals surface area contributed by atoms with Crippen LogP contribution in [0.25, 0.3) is 0 Å². The molecular formula is C18H21NO2S. The van der Waals surface area contributed by atoms with Crippen molar-refractivity contribution in [2.45, 2.75) is 36.5 Å². The molecule has 0 aliphatic carbocycles. The van der Waals surface area contributed by atoms with Gasteiger partial charge in [0.25, 0.3) is 0 Å². The topological polar surface area (TPSA) is 52.3 Å². The Kier molecular flexibility index (Phi) is 5.50. The molecule has 116 valence electrons. The molecule has 0 bridgehead atoms. The molecule has 0 unspecified atom stereocenters. The maximum absolute atomic E-state index is 11.8. The lowest BCUT2D eigenvalue weighted by atomic mass is 9.99. The molecule has 4 heteroatoms. The average Bonchev–Trinajstić information content (AvgIpc) is 2.54. The zero-order valence-corrected chi connectivity index (χ0v) is 14.0. The molecule has 0 aliphatic heterocycles. The van der Waals surface area contributed by atoms with E-state index >= 15 is 0 Å². The average molecular weight is 315 g/mol. The van der Waals surface area contributed by atoms with E-state index in [9.17, 15) is 4.79 Å². The van der Waals surface area contributed by atoms with E-state index in [0.29, 0.717) is 5.56 Å². The number of hydrogen-bond acceptors (Lipinski definition) is 3. The van der Waals surface area contributed by atoms with Crippen molar-refractivity contribution >= 4 is 17.7 Å². The van der Waals surface area contributed by atoms with E-state index in [0.717, 1.165) is 28.4 Å². The van der Waals surface area contributed by atoms with E-state index in [1.54, 1.807) is 18.9 Å². The highest BCUT2D eigenvalue weighted by Gasteiger charge is 2.16. The SMILES string of the molecule is CCc1ccc(C(N)=O)c(Sc2cccc(OC)c2)c1CC. The van der Waals surface area contributed by atoms with Crippen LogP contribution < -0.4 is 10.5 Å². The van der Waals surface area contributed by atoms with E-state index in [4.69, 9.17) is 10.5 Å². The Labute approximate surface area is 135 Å². The summed E-state index contributed by atoms with van der Waals surface area (Å²) >= 11 is 1.57. The summed E-state index contributed by atoms with van der Waals surface area (Å²) in [5.74, 6) is 0.415. The fraction of sp³-hybridized carbons (Fsp3) is 0.278. The van der Waals surface area contributed by atoms with Crippen LogP contribution in [0.5, 0.6) is 5.75 Å². The number of rotatable bonds is 6. The molecule has 0 atom stereocenters. The third-order valence-electron chi connectivity index (χ3n) is 3.62. The maximum Gasteiger partial charge on any atom is 0.249 e. The second-order valence-electron chi connectivity index (χ2n) is 4.93. The molecule has 0 spiro atoms. The van der Waals surface area contributed by atoms with Gasteiger partial charge in [0, 0.05) is 9.79 Å². The number of methoxy groups -OCH3 is 1. The Balaban J connectivity index is 2.53. The number of hydrogen-bond donors (Lipinski definition) is 1. The summed E-state index contributed by atoms with van der Waals surface area (Å²) in [6.07, 6.45) is 1.81. The van der Waals surface area contributed by atoms with Crippen molar-refractivity contribution in [2.24, 2.45) is 5.73 Å². The van der Waals surface area contributed by atoms with Crippen molar-refractivity contribution in [3.8, 4) is 5.75 Å². The minimum Gasteiger partial charge on any atom is -0.497 e. The van der Waals surface area contributed by atoms with E-state index in [1.165, 1.54) is 11.1 Å². The molecule has 2 rings (SSSR count). The molecule has 3 nitrogen and oxygen atoms in total. The van der Waals surface area contributed by atoms with Crippen molar-refractivity contribution in [1.82, 2.24) is 0 Å². The molecule has 0 fully saturated rings. The van der Waals surface area contributed by atoms with Gasteiger partial charge in [0.05, 0.1) is 12.7 Å². The Morgan fingerprint density at radius 2 is 1.95 bits per heavy atom. The summed E-state index contributed by atoms with van der Waals surface area (Å²) in [5, 5.41) is 0. The quantitative estimate of drug-likeness (QED) is 0.874. The highest BCUT2D eigenvalue weighted by Crippen LogP contribution is 2.36. The molecule has 0 heterocycles. The molecule has 1 amide bonds. The second-order valence-corrected chi connectivity index (χ2v) is 6.02. The molecule has 2 aromatic rings. The molecule has 22 heavy (non-hydrogen) atoms. The minimum absolute atomic E-state index is 0.386. The largest absolute Gasteiger partial charge is 0.497 e. The number of carbonyl (C=O) groups is 1. The molecule has 0 aromatic heterocycles. The van der Waals surface area contributed by atoms with Gasteiger partial charge >= 0.3 is 0 Å². The van der Waals surface area contributed by atoms with Gasteiger partial charge in [-0.15, -0.1) is 0 Å². The minimum atomic E-state index is -0.386. The summed E-state index contributed by atoms with van der Waals surface area (Å²) < 4.78 is 5.27. The van der Waals surface area contributed by atoms with Gasteiger partial charge < -0.3 is 10.5 Å². The number of ether oxygens (including phenoxy) is 1. The Bertz CT molecular complexity index is 683. The van der Waals surface area contributed by atoms with Crippen LogP contribution in [0.4, 0.5) is 0 Å². The molecular weight excluding hydrogens is 294 g/mol. The standard InChI is InChI=1S/C18H21NO2S/c1-4-12-9-10-16(18(19)20)17(15(12)5-2)22-14-8-6-7-13(11-14)21-3/h6-11H,4-5H2,1-3H3,(H2,19,20). The molecule has 0 saturated carbocycles. The van der Waals surface area contributed by atoms with Crippen molar-refractivity contribution < 1.29 is 9.53 Å². The highest BCUT2D eigenvalue weighted by atomic mass is 32.2. The van der Waals surface area contributed by atoms with Gasteiger partial charge in [-0.3, -0.25) is 4.79 Å². The summed E-state index contributed by atoms with van der Waals surface area (Å²) in [4.78, 5) is 13.8. The molecule has 2 aromatic carbocycles. The number of benzene rings is 2. The predicted octanol–water partition coefficient (Wildman–Crippen LogP) is 4.07. The van der Waals surface area contributed by atoms with Crippen LogP contribution in [0.2, 0.25) is 0 Å². The lowest BCUT2D eigenvalue weighted by Crippen LogP contribution is -2.14. The fourth-order valence-electron chi connectivity index (χ4n) is 2.48. The van der Waals surface area contributed by atoms with Crippen molar-refractivity contribution in [2.75, 3.05) is 7.11 Å². The second kappa shape index (κ2) is 7.36. The normalized spacial score (nSPS) is 10.5. The third kappa shape index (κ3) is 3.45. The molecule has 0 aliphatic rings. The van der Waals surface area contributed by atoms with Crippen molar-refractivity contribution in [3.05, 3.63) is 53.1 Å². The van der Waals surface area contributed by atoms with Crippen LogP contribution >= 0.6 is 11.8 Å². The van der Waals surface area contributed by atoms with Gasteiger partial charge in [0.2, 0.25) is 5.91 Å². The Morgan fingerprint density at radius 1 is 1.18 bits per heavy atom.